The van der Waals surface area contributed by atoms with E-state index in [4.69, 9.17) is 0 Å². The summed E-state index contributed by atoms with van der Waals surface area (Å²) in [6, 6.07) is 3.46. The third kappa shape index (κ3) is 3.24. The molecule has 22 heavy (non-hydrogen) atoms. The molecule has 2 aromatic heterocycles. The van der Waals surface area contributed by atoms with Crippen molar-refractivity contribution >= 4 is 21.4 Å². The molecule has 3 heterocycles. The topological polar surface area (TPSA) is 58.4 Å². The van der Waals surface area contributed by atoms with Crippen molar-refractivity contribution < 1.29 is 8.42 Å². The molecular formula is C14H20N4O2S2. The van der Waals surface area contributed by atoms with Crippen molar-refractivity contribution in [2.24, 2.45) is 7.05 Å². The largest absolute Gasteiger partial charge is 0.337 e. The Labute approximate surface area is 135 Å². The summed E-state index contributed by atoms with van der Waals surface area (Å²) in [5.41, 5.74) is 0. The molecular weight excluding hydrogens is 320 g/mol. The lowest BCUT2D eigenvalue weighted by Gasteiger charge is -2.21. The van der Waals surface area contributed by atoms with Crippen LogP contribution in [0.3, 0.4) is 0 Å². The van der Waals surface area contributed by atoms with Crippen LogP contribution in [0, 0.1) is 0 Å². The van der Waals surface area contributed by atoms with Crippen LogP contribution in [0.2, 0.25) is 0 Å². The minimum atomic E-state index is -3.33. The van der Waals surface area contributed by atoms with Gasteiger partial charge in [-0.3, -0.25) is 4.90 Å². The molecule has 6 nitrogen and oxygen atoms in total. The van der Waals surface area contributed by atoms with E-state index in [1.165, 1.54) is 11.3 Å². The van der Waals surface area contributed by atoms with Crippen LogP contribution in [-0.2, 0) is 23.6 Å². The van der Waals surface area contributed by atoms with Gasteiger partial charge in [-0.1, -0.05) is 6.07 Å². The first-order valence-electron chi connectivity index (χ1n) is 7.29. The van der Waals surface area contributed by atoms with Crippen LogP contribution in [0.1, 0.15) is 12.2 Å². The molecule has 2 aromatic rings. The Morgan fingerprint density at radius 3 is 2.82 bits per heavy atom. The van der Waals surface area contributed by atoms with Crippen LogP contribution >= 0.6 is 11.3 Å². The zero-order valence-corrected chi connectivity index (χ0v) is 14.2. The summed E-state index contributed by atoms with van der Waals surface area (Å²) < 4.78 is 29.2. The molecule has 1 fully saturated rings. The highest BCUT2D eigenvalue weighted by molar-refractivity contribution is 7.91. The van der Waals surface area contributed by atoms with Crippen molar-refractivity contribution in [1.82, 2.24) is 18.8 Å². The van der Waals surface area contributed by atoms with Gasteiger partial charge in [-0.2, -0.15) is 4.31 Å². The van der Waals surface area contributed by atoms with Gasteiger partial charge in [0.1, 0.15) is 10.0 Å². The van der Waals surface area contributed by atoms with Crippen LogP contribution in [0.25, 0.3) is 0 Å². The second-order valence-electron chi connectivity index (χ2n) is 5.42. The van der Waals surface area contributed by atoms with E-state index >= 15 is 0 Å². The maximum absolute atomic E-state index is 12.6. The standard InChI is InChI=1S/C14H20N4O2S2/c1-16-8-5-15-13(16)12-17-6-3-7-18(10-9-17)22(19,20)14-4-2-11-21-14/h2,4-5,8,11H,3,6-7,9-10,12H2,1H3. The number of hydrogen-bond acceptors (Lipinski definition) is 5. The average Bonchev–Trinajstić information content (AvgIpc) is 3.09. The monoisotopic (exact) mass is 340 g/mol. The SMILES string of the molecule is Cn1ccnc1CN1CCCN(S(=O)(=O)c2cccs2)CC1. The third-order valence-corrected chi connectivity index (χ3v) is 7.19. The van der Waals surface area contributed by atoms with Gasteiger partial charge in [-0.15, -0.1) is 11.3 Å². The molecule has 1 saturated heterocycles. The lowest BCUT2D eigenvalue weighted by molar-refractivity contribution is 0.269. The fraction of sp³-hybridized carbons (Fsp3) is 0.500. The Hall–Kier alpha value is -1.22. The number of aryl methyl sites for hydroxylation is 1. The predicted molar refractivity (Wildman–Crippen MR) is 86.2 cm³/mol. The lowest BCUT2D eigenvalue weighted by Crippen LogP contribution is -2.35. The van der Waals surface area contributed by atoms with Gasteiger partial charge in [0.2, 0.25) is 0 Å². The molecule has 0 amide bonds. The molecule has 0 saturated carbocycles. The zero-order chi connectivity index (χ0) is 15.6. The summed E-state index contributed by atoms with van der Waals surface area (Å²) in [4.78, 5) is 6.61. The molecule has 0 unspecified atom stereocenters. The molecule has 0 bridgehead atoms. The second kappa shape index (κ2) is 6.49. The quantitative estimate of drug-likeness (QED) is 0.844. The Bertz CT molecular complexity index is 709. The van der Waals surface area contributed by atoms with E-state index in [0.29, 0.717) is 17.3 Å². The van der Waals surface area contributed by atoms with E-state index in [1.807, 2.05) is 17.8 Å². The predicted octanol–water partition coefficient (Wildman–Crippen LogP) is 1.38. The van der Waals surface area contributed by atoms with Gasteiger partial charge in [-0.25, -0.2) is 13.4 Å². The molecule has 3 rings (SSSR count). The first-order valence-corrected chi connectivity index (χ1v) is 9.61. The maximum Gasteiger partial charge on any atom is 0.252 e. The van der Waals surface area contributed by atoms with Crippen molar-refractivity contribution in [2.75, 3.05) is 26.2 Å². The van der Waals surface area contributed by atoms with Crippen molar-refractivity contribution in [3.63, 3.8) is 0 Å². The Morgan fingerprint density at radius 1 is 1.27 bits per heavy atom. The number of hydrogen-bond donors (Lipinski definition) is 0. The smallest absolute Gasteiger partial charge is 0.252 e. The molecule has 8 heteroatoms. The fourth-order valence-corrected chi connectivity index (χ4v) is 5.25. The fourth-order valence-electron chi connectivity index (χ4n) is 2.63. The third-order valence-electron chi connectivity index (χ3n) is 3.92. The normalized spacial score (nSPS) is 18.4. The van der Waals surface area contributed by atoms with Gasteiger partial charge in [0, 0.05) is 39.1 Å². The Kier molecular flexibility index (Phi) is 4.62. The highest BCUT2D eigenvalue weighted by Gasteiger charge is 2.27. The first-order chi connectivity index (χ1) is 10.6. The van der Waals surface area contributed by atoms with Crippen LogP contribution in [0.4, 0.5) is 0 Å². The number of nitrogens with zero attached hydrogens (tertiary/aromatic N) is 4. The summed E-state index contributed by atoms with van der Waals surface area (Å²) >= 11 is 1.28. The van der Waals surface area contributed by atoms with Crippen LogP contribution in [0.15, 0.2) is 34.1 Å². The first kappa shape index (κ1) is 15.7. The van der Waals surface area contributed by atoms with Crippen LogP contribution < -0.4 is 0 Å². The van der Waals surface area contributed by atoms with Crippen LogP contribution in [-0.4, -0.2) is 53.4 Å². The van der Waals surface area contributed by atoms with Gasteiger partial charge in [0.25, 0.3) is 10.0 Å². The molecule has 1 aliphatic heterocycles. The number of imidazole rings is 1. The zero-order valence-electron chi connectivity index (χ0n) is 12.6. The van der Waals surface area contributed by atoms with E-state index in [1.54, 1.807) is 28.0 Å². The highest BCUT2D eigenvalue weighted by Crippen LogP contribution is 2.22. The van der Waals surface area contributed by atoms with Gasteiger partial charge >= 0.3 is 0 Å². The van der Waals surface area contributed by atoms with Gasteiger partial charge in [0.15, 0.2) is 0 Å². The molecule has 1 aliphatic rings. The molecule has 0 atom stereocenters. The summed E-state index contributed by atoms with van der Waals surface area (Å²) in [7, 11) is -1.35. The van der Waals surface area contributed by atoms with E-state index in [9.17, 15) is 8.42 Å². The number of thiophene rings is 1. The minimum absolute atomic E-state index is 0.435. The van der Waals surface area contributed by atoms with Gasteiger partial charge < -0.3 is 4.57 Å². The summed E-state index contributed by atoms with van der Waals surface area (Å²) in [5, 5.41) is 1.80. The van der Waals surface area contributed by atoms with Gasteiger partial charge in [0.05, 0.1) is 6.54 Å². The maximum atomic E-state index is 12.6. The van der Waals surface area contributed by atoms with E-state index in [0.717, 1.165) is 31.9 Å². The number of sulfonamides is 1. The van der Waals surface area contributed by atoms with Crippen molar-refractivity contribution in [3.8, 4) is 0 Å². The summed E-state index contributed by atoms with van der Waals surface area (Å²) in [5.74, 6) is 1.01. The number of rotatable bonds is 4. The lowest BCUT2D eigenvalue weighted by atomic mass is 10.4. The van der Waals surface area contributed by atoms with E-state index < -0.39 is 10.0 Å². The molecule has 0 N–H and O–H groups in total. The Balaban J connectivity index is 1.66. The van der Waals surface area contributed by atoms with Crippen molar-refractivity contribution in [1.29, 1.82) is 0 Å². The van der Waals surface area contributed by atoms with Gasteiger partial charge in [-0.05, 0) is 24.4 Å². The molecule has 120 valence electrons. The minimum Gasteiger partial charge on any atom is -0.337 e. The van der Waals surface area contributed by atoms with Crippen LogP contribution in [0.5, 0.6) is 0 Å². The van der Waals surface area contributed by atoms with Crippen molar-refractivity contribution in [2.45, 2.75) is 17.2 Å². The average molecular weight is 340 g/mol. The summed E-state index contributed by atoms with van der Waals surface area (Å²) in [6.45, 7) is 3.50. The molecule has 0 aromatic carbocycles. The van der Waals surface area contributed by atoms with E-state index in [2.05, 4.69) is 9.88 Å². The Morgan fingerprint density at radius 2 is 2.14 bits per heavy atom. The molecule has 0 radical (unpaired) electrons. The second-order valence-corrected chi connectivity index (χ2v) is 8.53. The highest BCUT2D eigenvalue weighted by atomic mass is 32.2. The van der Waals surface area contributed by atoms with Crippen molar-refractivity contribution in [3.05, 3.63) is 35.7 Å². The molecule has 0 spiro atoms. The molecule has 0 aliphatic carbocycles. The summed E-state index contributed by atoms with van der Waals surface area (Å²) in [6.07, 6.45) is 4.57. The van der Waals surface area contributed by atoms with E-state index in [-0.39, 0.29) is 0 Å². The number of aromatic nitrogens is 2.